The van der Waals surface area contributed by atoms with Crippen molar-refractivity contribution in [2.75, 3.05) is 26.4 Å². The van der Waals surface area contributed by atoms with Crippen molar-refractivity contribution < 1.29 is 89.4 Å². The molecule has 0 spiro atoms. The van der Waals surface area contributed by atoms with Gasteiger partial charge in [-0.1, -0.05) is 390 Å². The number of ether oxygens (including phenoxy) is 6. The third-order valence-electron chi connectivity index (χ3n) is 23.2. The Balaban J connectivity index is 1.29. The van der Waals surface area contributed by atoms with E-state index in [9.17, 15) is 61.0 Å². The van der Waals surface area contributed by atoms with Gasteiger partial charge in [-0.2, -0.15) is 0 Å². The molecule has 0 aliphatic carbocycles. The van der Waals surface area contributed by atoms with Crippen LogP contribution in [0.4, 0.5) is 0 Å². The summed E-state index contributed by atoms with van der Waals surface area (Å²) in [7, 11) is 0. The Morgan fingerprint density at radius 3 is 0.973 bits per heavy atom. The number of aliphatic hydroxyl groups excluding tert-OH is 11. The van der Waals surface area contributed by atoms with Crippen LogP contribution in [0.2, 0.25) is 0 Å². The molecule has 3 aliphatic heterocycles. The maximum Gasteiger partial charge on any atom is 0.220 e. The second-order valence-corrected chi connectivity index (χ2v) is 33.1. The van der Waals surface area contributed by atoms with Crippen molar-refractivity contribution >= 4 is 5.91 Å². The number of carbonyl (C=O) groups is 1. The SMILES string of the molecule is CC/C=C\C/C=C\C/C=C\C/C=C\CCCCCCCCCCCCCCCCCCCCCCCCCCCCC(=O)NC(COC1OC(CO)C(OC2OC(CO)C(OC3OC(CO)C(O)C(O)C3O)C(O)C2O)C(O)C1O)C(O)CCCCCCCCCCCCCCCCCCCCCCCCCCCCC. The minimum absolute atomic E-state index is 0.233. The molecule has 3 saturated heterocycles. The molecule has 3 fully saturated rings. The average Bonchev–Trinajstić information content (AvgIpc) is 0.780. The molecule has 3 heterocycles. The van der Waals surface area contributed by atoms with Gasteiger partial charge in [0.2, 0.25) is 5.91 Å². The van der Waals surface area contributed by atoms with E-state index in [1.165, 1.54) is 295 Å². The lowest BCUT2D eigenvalue weighted by Gasteiger charge is -2.48. The van der Waals surface area contributed by atoms with Crippen LogP contribution >= 0.6 is 0 Å². The Bertz CT molecular complexity index is 2190. The van der Waals surface area contributed by atoms with Gasteiger partial charge in [-0.25, -0.2) is 0 Å². The summed E-state index contributed by atoms with van der Waals surface area (Å²) in [5, 5.41) is 121. The smallest absolute Gasteiger partial charge is 0.220 e. The van der Waals surface area contributed by atoms with Gasteiger partial charge in [-0.15, -0.1) is 0 Å². The van der Waals surface area contributed by atoms with Crippen LogP contribution in [-0.2, 0) is 33.2 Å². The Labute approximate surface area is 675 Å². The zero-order valence-corrected chi connectivity index (χ0v) is 70.5. The van der Waals surface area contributed by atoms with Gasteiger partial charge in [-0.3, -0.25) is 4.79 Å². The second kappa shape index (κ2) is 71.8. The van der Waals surface area contributed by atoms with Crippen molar-refractivity contribution in [3.05, 3.63) is 48.6 Å². The van der Waals surface area contributed by atoms with E-state index in [4.69, 9.17) is 28.4 Å². The number of hydrogen-bond donors (Lipinski definition) is 12. The maximum absolute atomic E-state index is 13.6. The number of aliphatic hydroxyl groups is 11. The number of amides is 1. The summed E-state index contributed by atoms with van der Waals surface area (Å²) < 4.78 is 34.6. The van der Waals surface area contributed by atoms with Crippen LogP contribution in [0.15, 0.2) is 48.6 Å². The van der Waals surface area contributed by atoms with Gasteiger partial charge in [0.1, 0.15) is 73.2 Å². The quantitative estimate of drug-likeness (QED) is 0.0199. The first-order valence-electron chi connectivity index (χ1n) is 46.4. The molecule has 0 aromatic heterocycles. The molecule has 17 unspecified atom stereocenters. The first kappa shape index (κ1) is 103. The highest BCUT2D eigenvalue weighted by Crippen LogP contribution is 2.34. The van der Waals surface area contributed by atoms with E-state index < -0.39 is 124 Å². The molecule has 19 nitrogen and oxygen atoms in total. The molecule has 0 saturated carbocycles. The largest absolute Gasteiger partial charge is 0.394 e. The first-order valence-corrected chi connectivity index (χ1v) is 46.4. The highest BCUT2D eigenvalue weighted by Gasteiger charge is 2.54. The van der Waals surface area contributed by atoms with Crippen molar-refractivity contribution in [1.82, 2.24) is 5.32 Å². The number of hydrogen-bond acceptors (Lipinski definition) is 18. The van der Waals surface area contributed by atoms with Crippen molar-refractivity contribution in [2.45, 2.75) is 503 Å². The Morgan fingerprint density at radius 1 is 0.333 bits per heavy atom. The van der Waals surface area contributed by atoms with E-state index in [0.717, 1.165) is 70.6 Å². The van der Waals surface area contributed by atoms with Gasteiger partial charge in [0.25, 0.3) is 0 Å². The fourth-order valence-corrected chi connectivity index (χ4v) is 15.8. The molecule has 12 N–H and O–H groups in total. The molecule has 0 radical (unpaired) electrons. The van der Waals surface area contributed by atoms with Crippen LogP contribution < -0.4 is 5.32 Å². The molecule has 19 heteroatoms. The summed E-state index contributed by atoms with van der Waals surface area (Å²) in [4.78, 5) is 13.6. The van der Waals surface area contributed by atoms with Crippen molar-refractivity contribution in [3.8, 4) is 0 Å². The van der Waals surface area contributed by atoms with Crippen LogP contribution in [0.1, 0.15) is 399 Å². The number of allylic oxidation sites excluding steroid dienone is 8. The maximum atomic E-state index is 13.6. The number of rotatable bonds is 76. The predicted molar refractivity (Wildman–Crippen MR) is 448 cm³/mol. The van der Waals surface area contributed by atoms with Gasteiger partial charge in [-0.05, 0) is 51.4 Å². The topological polar surface area (TPSA) is 307 Å². The van der Waals surface area contributed by atoms with Crippen molar-refractivity contribution in [3.63, 3.8) is 0 Å². The minimum atomic E-state index is -1.97. The Kier molecular flexibility index (Phi) is 66.6. The van der Waals surface area contributed by atoms with Crippen LogP contribution in [0.25, 0.3) is 0 Å². The summed E-state index contributed by atoms with van der Waals surface area (Å²) >= 11 is 0. The normalized spacial score (nSPS) is 25.2. The zero-order valence-electron chi connectivity index (χ0n) is 70.5. The molecule has 3 rings (SSSR count). The van der Waals surface area contributed by atoms with Crippen molar-refractivity contribution in [2.24, 2.45) is 0 Å². The number of nitrogens with one attached hydrogen (secondary N) is 1. The summed E-state index contributed by atoms with van der Waals surface area (Å²) in [6.45, 7) is 1.76. The van der Waals surface area contributed by atoms with E-state index in [2.05, 4.69) is 67.8 Å². The van der Waals surface area contributed by atoms with Gasteiger partial charge in [0.15, 0.2) is 18.9 Å². The number of carbonyl (C=O) groups excluding carboxylic acids is 1. The molecule has 3 aliphatic rings. The van der Waals surface area contributed by atoms with E-state index in [1.807, 2.05) is 0 Å². The number of unbranched alkanes of at least 4 members (excludes halogenated alkanes) is 52. The summed E-state index contributed by atoms with van der Waals surface area (Å²) in [5.41, 5.74) is 0. The standard InChI is InChI=1S/C92H171NO18/c1-3-5-7-9-11-13-15-17-19-21-23-25-27-29-31-32-33-34-35-36-37-38-39-40-41-42-44-46-48-50-52-54-56-58-60-62-64-66-68-70-80(98)93-75(76(97)69-67-65-63-61-59-57-55-53-51-49-47-45-43-30-28-26-24-22-20-18-16-14-12-10-8-6-4-2)74-106-90-86(104)83(101)88(78(72-95)108-90)111-92-87(105)84(102)89(79(73-96)109-92)110-91-85(103)82(100)81(99)77(71-94)107-91/h5,7,11,13,17,19,23,25,75-79,81-92,94-97,99-105H,3-4,6,8-10,12,14-16,18,20-22,24,26-74H2,1-2H3,(H,93,98)/b7-5-,13-11-,19-17-,25-23-. The van der Waals surface area contributed by atoms with Crippen molar-refractivity contribution in [1.29, 1.82) is 0 Å². The van der Waals surface area contributed by atoms with E-state index in [1.54, 1.807) is 0 Å². The zero-order chi connectivity index (χ0) is 80.3. The monoisotopic (exact) mass is 1580 g/mol. The summed E-state index contributed by atoms with van der Waals surface area (Å²) in [5.74, 6) is -0.233. The molecule has 111 heavy (non-hydrogen) atoms. The average molecular weight is 1580 g/mol. The second-order valence-electron chi connectivity index (χ2n) is 33.1. The summed E-state index contributed by atoms with van der Waals surface area (Å²) in [6, 6.07) is -0.888. The van der Waals surface area contributed by atoms with Gasteiger partial charge in [0, 0.05) is 6.42 Å². The van der Waals surface area contributed by atoms with E-state index >= 15 is 0 Å². The lowest BCUT2D eigenvalue weighted by atomic mass is 9.96. The highest BCUT2D eigenvalue weighted by molar-refractivity contribution is 5.76. The van der Waals surface area contributed by atoms with Gasteiger partial charge < -0.3 is 89.9 Å². The molecule has 0 aromatic rings. The van der Waals surface area contributed by atoms with Crippen LogP contribution in [0.5, 0.6) is 0 Å². The van der Waals surface area contributed by atoms with Crippen LogP contribution in [-0.4, -0.2) is 193 Å². The lowest BCUT2D eigenvalue weighted by molar-refractivity contribution is -0.379. The third kappa shape index (κ3) is 50.3. The van der Waals surface area contributed by atoms with Crippen LogP contribution in [0, 0.1) is 0 Å². The fraction of sp³-hybridized carbons (Fsp3) is 0.902. The predicted octanol–water partition coefficient (Wildman–Crippen LogP) is 18.0. The molecule has 0 bridgehead atoms. The summed E-state index contributed by atoms with van der Waals surface area (Å²) in [6.07, 6.45) is 66.6. The fourth-order valence-electron chi connectivity index (χ4n) is 15.8. The first-order chi connectivity index (χ1) is 54.3. The molecule has 652 valence electrons. The highest BCUT2D eigenvalue weighted by atomic mass is 16.8. The van der Waals surface area contributed by atoms with Gasteiger partial charge in [0.05, 0.1) is 38.6 Å². The lowest BCUT2D eigenvalue weighted by Crippen LogP contribution is -2.66. The Hall–Kier alpha value is -2.25. The van der Waals surface area contributed by atoms with Crippen LogP contribution in [0.3, 0.4) is 0 Å². The van der Waals surface area contributed by atoms with E-state index in [-0.39, 0.29) is 18.9 Å². The third-order valence-corrected chi connectivity index (χ3v) is 23.2. The van der Waals surface area contributed by atoms with E-state index in [0.29, 0.717) is 12.8 Å². The van der Waals surface area contributed by atoms with Gasteiger partial charge >= 0.3 is 0 Å². The molecular formula is C92H171NO18. The molecular weight excluding hydrogens is 1410 g/mol. The molecule has 0 aromatic carbocycles. The molecule has 17 atom stereocenters. The Morgan fingerprint density at radius 2 is 0.622 bits per heavy atom. The molecule has 1 amide bonds. The minimum Gasteiger partial charge on any atom is -0.394 e.